The van der Waals surface area contributed by atoms with Crippen LogP contribution in [0.2, 0.25) is 0 Å². The van der Waals surface area contributed by atoms with Gasteiger partial charge >= 0.3 is 0 Å². The molecule has 1 aromatic heterocycles. The molecule has 1 unspecified atom stereocenters. The lowest BCUT2D eigenvalue weighted by Crippen LogP contribution is -1.81. The summed E-state index contributed by atoms with van der Waals surface area (Å²) in [5.74, 6) is 0. The van der Waals surface area contributed by atoms with E-state index in [-0.39, 0.29) is 0 Å². The van der Waals surface area contributed by atoms with Gasteiger partial charge in [0.25, 0.3) is 0 Å². The quantitative estimate of drug-likeness (QED) is 0.610. The number of rotatable bonds is 1. The Morgan fingerprint density at radius 2 is 2.60 bits per heavy atom. The normalized spacial score (nSPS) is 12.5. The van der Waals surface area contributed by atoms with E-state index in [1.54, 1.807) is 6.20 Å². The van der Waals surface area contributed by atoms with Gasteiger partial charge in [-0.3, -0.25) is 0 Å². The average Bonchev–Trinajstić information content (AvgIpc) is 2.34. The lowest BCUT2D eigenvalue weighted by Gasteiger charge is -1.88. The van der Waals surface area contributed by atoms with E-state index in [0.717, 1.165) is 4.88 Å². The zero-order valence-corrected chi connectivity index (χ0v) is 6.91. The first-order valence-electron chi connectivity index (χ1n) is 2.70. The highest BCUT2D eigenvalue weighted by Gasteiger charge is 2.08. The van der Waals surface area contributed by atoms with Crippen molar-refractivity contribution in [3.05, 3.63) is 16.1 Å². The summed E-state index contributed by atoms with van der Waals surface area (Å²) >= 11 is 7.05. The number of nitrogens with zero attached hydrogens (tertiary/aromatic N) is 2. The van der Waals surface area contributed by atoms with Gasteiger partial charge in [-0.2, -0.15) is 5.26 Å². The van der Waals surface area contributed by atoms with Crippen LogP contribution >= 0.6 is 22.9 Å². The van der Waals surface area contributed by atoms with Crippen molar-refractivity contribution in [1.29, 1.82) is 5.26 Å². The van der Waals surface area contributed by atoms with Gasteiger partial charge in [-0.25, -0.2) is 4.98 Å². The van der Waals surface area contributed by atoms with Crippen molar-refractivity contribution < 1.29 is 0 Å². The summed E-state index contributed by atoms with van der Waals surface area (Å²) in [6.07, 6.45) is 1.72. The molecule has 0 radical (unpaired) electrons. The van der Waals surface area contributed by atoms with Crippen LogP contribution in [0.3, 0.4) is 0 Å². The molecule has 2 nitrogen and oxygen atoms in total. The summed E-state index contributed by atoms with van der Waals surface area (Å²) in [6, 6.07) is 1.91. The summed E-state index contributed by atoms with van der Waals surface area (Å²) in [7, 11) is 0. The monoisotopic (exact) mass is 172 g/mol. The summed E-state index contributed by atoms with van der Waals surface area (Å²) in [5, 5.41) is 8.48. The summed E-state index contributed by atoms with van der Waals surface area (Å²) in [4.78, 5) is 5.03. The average molecular weight is 173 g/mol. The summed E-state index contributed by atoms with van der Waals surface area (Å²) in [5.41, 5.74) is 0. The molecular formula is C6H5ClN2S. The lowest BCUT2D eigenvalue weighted by atomic mass is 10.5. The molecule has 0 saturated carbocycles. The zero-order valence-electron chi connectivity index (χ0n) is 5.34. The number of alkyl halides is 1. The van der Waals surface area contributed by atoms with Crippen LogP contribution < -0.4 is 0 Å². The maximum atomic E-state index is 8.38. The van der Waals surface area contributed by atoms with Crippen LogP contribution in [0.25, 0.3) is 0 Å². The molecular weight excluding hydrogens is 168 g/mol. The second-order valence-corrected chi connectivity index (χ2v) is 3.50. The molecule has 1 atom stereocenters. The van der Waals surface area contributed by atoms with Gasteiger partial charge in [-0.1, -0.05) is 11.6 Å². The maximum absolute atomic E-state index is 8.38. The minimum absolute atomic E-state index is 0.585. The molecule has 0 N–H and O–H groups in total. The van der Waals surface area contributed by atoms with Crippen molar-refractivity contribution in [2.24, 2.45) is 0 Å². The van der Waals surface area contributed by atoms with E-state index in [4.69, 9.17) is 16.9 Å². The summed E-state index contributed by atoms with van der Waals surface area (Å²) in [6.45, 7) is 1.93. The predicted octanol–water partition coefficient (Wildman–Crippen LogP) is 2.26. The van der Waals surface area contributed by atoms with Crippen LogP contribution in [0.15, 0.2) is 6.20 Å². The van der Waals surface area contributed by atoms with Crippen LogP contribution in [0, 0.1) is 18.3 Å². The van der Waals surface area contributed by atoms with E-state index in [2.05, 4.69) is 4.98 Å². The zero-order chi connectivity index (χ0) is 7.56. The number of thiazole rings is 1. The topological polar surface area (TPSA) is 36.7 Å². The number of hydrogen-bond donors (Lipinski definition) is 0. The molecule has 0 aliphatic rings. The van der Waals surface area contributed by atoms with Gasteiger partial charge < -0.3 is 0 Å². The Bertz CT molecular complexity index is 263. The second kappa shape index (κ2) is 3.00. The van der Waals surface area contributed by atoms with Crippen molar-refractivity contribution >= 4 is 22.9 Å². The van der Waals surface area contributed by atoms with E-state index in [9.17, 15) is 0 Å². The third-order valence-corrected chi connectivity index (χ3v) is 2.38. The molecule has 0 aliphatic heterocycles. The van der Waals surface area contributed by atoms with Crippen LogP contribution in [0.5, 0.6) is 0 Å². The number of halogens is 1. The van der Waals surface area contributed by atoms with Crippen molar-refractivity contribution in [3.8, 4) is 6.07 Å². The van der Waals surface area contributed by atoms with Crippen molar-refractivity contribution in [2.45, 2.75) is 12.3 Å². The molecule has 52 valence electrons. The number of aromatic nitrogens is 1. The van der Waals surface area contributed by atoms with E-state index < -0.39 is 5.38 Å². The largest absolute Gasteiger partial charge is 0.247 e. The first-order valence-corrected chi connectivity index (χ1v) is 3.95. The molecule has 0 amide bonds. The third kappa shape index (κ3) is 1.47. The SMILES string of the molecule is Cc1cnc(C(Cl)C#N)s1. The second-order valence-electron chi connectivity index (χ2n) is 1.80. The van der Waals surface area contributed by atoms with Gasteiger partial charge in [0, 0.05) is 11.1 Å². The Labute approximate surface area is 68.1 Å². The highest BCUT2D eigenvalue weighted by molar-refractivity contribution is 7.11. The Kier molecular flexibility index (Phi) is 2.25. The number of hydrogen-bond acceptors (Lipinski definition) is 3. The Hall–Kier alpha value is -0.590. The maximum Gasteiger partial charge on any atom is 0.171 e. The number of aryl methyl sites for hydroxylation is 1. The molecule has 10 heavy (non-hydrogen) atoms. The molecule has 0 aliphatic carbocycles. The molecule has 0 fully saturated rings. The molecule has 0 spiro atoms. The fourth-order valence-electron chi connectivity index (χ4n) is 0.545. The molecule has 1 rings (SSSR count). The van der Waals surface area contributed by atoms with Gasteiger partial charge in [0.2, 0.25) is 0 Å². The molecule has 1 aromatic rings. The van der Waals surface area contributed by atoms with Gasteiger partial charge in [-0.15, -0.1) is 11.3 Å². The Morgan fingerprint density at radius 1 is 1.90 bits per heavy atom. The summed E-state index contributed by atoms with van der Waals surface area (Å²) < 4.78 is 0. The van der Waals surface area contributed by atoms with E-state index >= 15 is 0 Å². The molecule has 0 bridgehead atoms. The van der Waals surface area contributed by atoms with Gasteiger partial charge in [0.1, 0.15) is 5.01 Å². The van der Waals surface area contributed by atoms with Crippen LogP contribution in [0.1, 0.15) is 15.3 Å². The van der Waals surface area contributed by atoms with Gasteiger partial charge in [0.05, 0.1) is 6.07 Å². The van der Waals surface area contributed by atoms with Gasteiger partial charge in [-0.05, 0) is 6.92 Å². The van der Waals surface area contributed by atoms with Crippen LogP contribution in [0.4, 0.5) is 0 Å². The van der Waals surface area contributed by atoms with E-state index in [1.165, 1.54) is 11.3 Å². The van der Waals surface area contributed by atoms with Gasteiger partial charge in [0.15, 0.2) is 5.38 Å². The Morgan fingerprint density at radius 3 is 3.00 bits per heavy atom. The van der Waals surface area contributed by atoms with Crippen molar-refractivity contribution in [1.82, 2.24) is 4.98 Å². The van der Waals surface area contributed by atoms with Crippen LogP contribution in [-0.2, 0) is 0 Å². The minimum Gasteiger partial charge on any atom is -0.247 e. The molecule has 0 aromatic carbocycles. The Balaban J connectivity index is 2.87. The van der Waals surface area contributed by atoms with E-state index in [1.807, 2.05) is 13.0 Å². The molecule has 4 heteroatoms. The minimum atomic E-state index is -0.585. The lowest BCUT2D eigenvalue weighted by molar-refractivity contribution is 1.15. The standard InChI is InChI=1S/C6H5ClN2S/c1-4-3-9-6(10-4)5(7)2-8/h3,5H,1H3. The smallest absolute Gasteiger partial charge is 0.171 e. The molecule has 1 heterocycles. The third-order valence-electron chi connectivity index (χ3n) is 0.969. The number of nitriles is 1. The highest BCUT2D eigenvalue weighted by Crippen LogP contribution is 2.23. The van der Waals surface area contributed by atoms with Crippen molar-refractivity contribution in [2.75, 3.05) is 0 Å². The van der Waals surface area contributed by atoms with Crippen molar-refractivity contribution in [3.63, 3.8) is 0 Å². The first kappa shape index (κ1) is 7.52. The van der Waals surface area contributed by atoms with Crippen LogP contribution in [-0.4, -0.2) is 4.98 Å². The first-order chi connectivity index (χ1) is 4.74. The highest BCUT2D eigenvalue weighted by atomic mass is 35.5. The van der Waals surface area contributed by atoms with E-state index in [0.29, 0.717) is 5.01 Å². The fraction of sp³-hybridized carbons (Fsp3) is 0.333. The molecule has 0 saturated heterocycles. The predicted molar refractivity (Wildman–Crippen MR) is 41.1 cm³/mol. The fourth-order valence-corrected chi connectivity index (χ4v) is 1.43.